The van der Waals surface area contributed by atoms with E-state index in [-0.39, 0.29) is 18.0 Å². The van der Waals surface area contributed by atoms with Gasteiger partial charge in [0.15, 0.2) is 0 Å². The molecule has 26 heavy (non-hydrogen) atoms. The fraction of sp³-hybridized carbons (Fsp3) is 0.100. The number of benzene rings is 2. The minimum absolute atomic E-state index is 0.192. The molecular formula is C20H16Cl2N2O2. The number of carbonyl (C=O) groups excluding carboxylic acids is 1. The maximum absolute atomic E-state index is 12.4. The second-order valence-electron chi connectivity index (χ2n) is 5.75. The van der Waals surface area contributed by atoms with Crippen molar-refractivity contribution in [2.45, 2.75) is 13.1 Å². The third kappa shape index (κ3) is 4.34. The average molecular weight is 387 g/mol. The highest BCUT2D eigenvalue weighted by molar-refractivity contribution is 6.35. The molecule has 132 valence electrons. The van der Waals surface area contributed by atoms with Gasteiger partial charge < -0.3 is 9.88 Å². The van der Waals surface area contributed by atoms with Crippen LogP contribution in [0.25, 0.3) is 0 Å². The topological polar surface area (TPSA) is 51.1 Å². The summed E-state index contributed by atoms with van der Waals surface area (Å²) in [6.07, 6.45) is 1.52. The largest absolute Gasteiger partial charge is 0.348 e. The van der Waals surface area contributed by atoms with Gasteiger partial charge >= 0.3 is 0 Å². The zero-order valence-electron chi connectivity index (χ0n) is 13.8. The Morgan fingerprint density at radius 1 is 0.923 bits per heavy atom. The summed E-state index contributed by atoms with van der Waals surface area (Å²) in [6.45, 7) is 0.603. The van der Waals surface area contributed by atoms with E-state index in [0.29, 0.717) is 27.7 Å². The molecule has 0 spiro atoms. The highest BCUT2D eigenvalue weighted by Crippen LogP contribution is 2.24. The smallest absolute Gasteiger partial charge is 0.253 e. The van der Waals surface area contributed by atoms with Crippen molar-refractivity contribution >= 4 is 29.1 Å². The summed E-state index contributed by atoms with van der Waals surface area (Å²) in [5.74, 6) is -0.257. The molecule has 0 atom stereocenters. The number of rotatable bonds is 5. The van der Waals surface area contributed by atoms with Crippen molar-refractivity contribution in [3.8, 4) is 0 Å². The molecule has 1 heterocycles. The number of nitrogens with zero attached hydrogens (tertiary/aromatic N) is 1. The first-order valence-corrected chi connectivity index (χ1v) is 8.75. The van der Waals surface area contributed by atoms with Gasteiger partial charge in [0, 0.05) is 34.4 Å². The van der Waals surface area contributed by atoms with E-state index in [4.69, 9.17) is 23.2 Å². The average Bonchev–Trinajstić information content (AvgIpc) is 2.65. The lowest BCUT2D eigenvalue weighted by Gasteiger charge is -2.11. The third-order valence-corrected chi connectivity index (χ3v) is 4.64. The molecule has 1 amide bonds. The molecule has 3 rings (SSSR count). The maximum Gasteiger partial charge on any atom is 0.253 e. The van der Waals surface area contributed by atoms with Crippen LogP contribution in [0.2, 0.25) is 10.0 Å². The zero-order valence-corrected chi connectivity index (χ0v) is 15.3. The van der Waals surface area contributed by atoms with Gasteiger partial charge in [-0.05, 0) is 23.8 Å². The van der Waals surface area contributed by atoms with Crippen molar-refractivity contribution in [2.24, 2.45) is 0 Å². The first-order chi connectivity index (χ1) is 12.5. The van der Waals surface area contributed by atoms with Crippen LogP contribution in [0, 0.1) is 0 Å². The molecule has 3 aromatic rings. The Bertz CT molecular complexity index is 964. The molecule has 0 aliphatic heterocycles. The van der Waals surface area contributed by atoms with Gasteiger partial charge in [-0.3, -0.25) is 9.59 Å². The van der Waals surface area contributed by atoms with Crippen LogP contribution in [-0.2, 0) is 13.1 Å². The van der Waals surface area contributed by atoms with E-state index in [1.807, 2.05) is 30.3 Å². The van der Waals surface area contributed by atoms with E-state index in [0.717, 1.165) is 5.56 Å². The minimum atomic E-state index is -0.257. The predicted octanol–water partition coefficient (Wildman–Crippen LogP) is 4.13. The maximum atomic E-state index is 12.4. The number of amides is 1. The van der Waals surface area contributed by atoms with Gasteiger partial charge in [-0.1, -0.05) is 59.6 Å². The van der Waals surface area contributed by atoms with Crippen molar-refractivity contribution in [1.82, 2.24) is 9.88 Å². The normalized spacial score (nSPS) is 10.5. The summed E-state index contributed by atoms with van der Waals surface area (Å²) < 4.78 is 1.42. The molecule has 1 aromatic heterocycles. The Hall–Kier alpha value is -2.56. The first kappa shape index (κ1) is 18.2. The van der Waals surface area contributed by atoms with Gasteiger partial charge in [-0.25, -0.2) is 0 Å². The number of pyridine rings is 1. The van der Waals surface area contributed by atoms with Crippen LogP contribution in [0.3, 0.4) is 0 Å². The predicted molar refractivity (Wildman–Crippen MR) is 104 cm³/mol. The summed E-state index contributed by atoms with van der Waals surface area (Å²) in [5.41, 5.74) is 1.79. The molecule has 0 saturated heterocycles. The number of hydrogen-bond acceptors (Lipinski definition) is 2. The van der Waals surface area contributed by atoms with Crippen molar-refractivity contribution in [3.05, 3.63) is 104 Å². The Morgan fingerprint density at radius 3 is 2.31 bits per heavy atom. The Kier molecular flexibility index (Phi) is 5.76. The van der Waals surface area contributed by atoms with E-state index in [1.165, 1.54) is 22.9 Å². The fourth-order valence-corrected chi connectivity index (χ4v) is 3.04. The van der Waals surface area contributed by atoms with E-state index in [2.05, 4.69) is 5.32 Å². The molecule has 4 nitrogen and oxygen atoms in total. The Balaban J connectivity index is 1.79. The lowest BCUT2D eigenvalue weighted by atomic mass is 10.2. The molecule has 2 aromatic carbocycles. The van der Waals surface area contributed by atoms with Gasteiger partial charge in [-0.15, -0.1) is 0 Å². The number of nitrogens with one attached hydrogen (secondary N) is 1. The summed E-state index contributed by atoms with van der Waals surface area (Å²) in [4.78, 5) is 24.5. The Morgan fingerprint density at radius 2 is 1.62 bits per heavy atom. The van der Waals surface area contributed by atoms with Crippen LogP contribution in [0.5, 0.6) is 0 Å². The van der Waals surface area contributed by atoms with Crippen LogP contribution in [0.1, 0.15) is 21.5 Å². The summed E-state index contributed by atoms with van der Waals surface area (Å²) in [6, 6.07) is 17.6. The Labute approximate surface area is 161 Å². The van der Waals surface area contributed by atoms with Crippen LogP contribution in [0.15, 0.2) is 71.7 Å². The summed E-state index contributed by atoms with van der Waals surface area (Å²) in [5, 5.41) is 3.79. The second-order valence-corrected chi connectivity index (χ2v) is 6.57. The van der Waals surface area contributed by atoms with Crippen LogP contribution < -0.4 is 10.9 Å². The third-order valence-electron chi connectivity index (χ3n) is 3.93. The van der Waals surface area contributed by atoms with E-state index < -0.39 is 0 Å². The lowest BCUT2D eigenvalue weighted by Crippen LogP contribution is -2.26. The van der Waals surface area contributed by atoms with Crippen molar-refractivity contribution in [3.63, 3.8) is 0 Å². The molecule has 0 aliphatic rings. The SMILES string of the molecule is O=C(NCc1ccccc1)c1ccc(=O)n(Cc2c(Cl)cccc2Cl)c1. The number of aromatic nitrogens is 1. The standard InChI is InChI=1S/C20H16Cl2N2O2/c21-17-7-4-8-18(22)16(17)13-24-12-15(9-10-19(24)25)20(26)23-11-14-5-2-1-3-6-14/h1-10,12H,11,13H2,(H,23,26). The first-order valence-electron chi connectivity index (χ1n) is 8.00. The zero-order chi connectivity index (χ0) is 18.5. The summed E-state index contributed by atoms with van der Waals surface area (Å²) in [7, 11) is 0. The van der Waals surface area contributed by atoms with Gasteiger partial charge in [0.2, 0.25) is 0 Å². The monoisotopic (exact) mass is 386 g/mol. The van der Waals surface area contributed by atoms with Crippen molar-refractivity contribution in [1.29, 1.82) is 0 Å². The van der Waals surface area contributed by atoms with Crippen molar-refractivity contribution in [2.75, 3.05) is 0 Å². The van der Waals surface area contributed by atoms with Crippen LogP contribution >= 0.6 is 23.2 Å². The second kappa shape index (κ2) is 8.21. The highest BCUT2D eigenvalue weighted by atomic mass is 35.5. The van der Waals surface area contributed by atoms with Crippen molar-refractivity contribution < 1.29 is 4.79 Å². The van der Waals surface area contributed by atoms with Gasteiger partial charge in [-0.2, -0.15) is 0 Å². The molecule has 0 fully saturated rings. The van der Waals surface area contributed by atoms with Gasteiger partial charge in [0.25, 0.3) is 11.5 Å². The lowest BCUT2D eigenvalue weighted by molar-refractivity contribution is 0.0950. The van der Waals surface area contributed by atoms with E-state index >= 15 is 0 Å². The van der Waals surface area contributed by atoms with Crippen LogP contribution in [-0.4, -0.2) is 10.5 Å². The fourth-order valence-electron chi connectivity index (χ4n) is 2.52. The van der Waals surface area contributed by atoms with Crippen LogP contribution in [0.4, 0.5) is 0 Å². The molecular weight excluding hydrogens is 371 g/mol. The number of hydrogen-bond donors (Lipinski definition) is 1. The number of carbonyl (C=O) groups is 1. The molecule has 0 radical (unpaired) electrons. The van der Waals surface area contributed by atoms with Gasteiger partial charge in [0.05, 0.1) is 12.1 Å². The van der Waals surface area contributed by atoms with E-state index in [1.54, 1.807) is 18.2 Å². The van der Waals surface area contributed by atoms with E-state index in [9.17, 15) is 9.59 Å². The quantitative estimate of drug-likeness (QED) is 0.716. The molecule has 0 saturated carbocycles. The number of halogens is 2. The molecule has 0 aliphatic carbocycles. The molecule has 6 heteroatoms. The minimum Gasteiger partial charge on any atom is -0.348 e. The summed E-state index contributed by atoms with van der Waals surface area (Å²) >= 11 is 12.3. The molecule has 0 bridgehead atoms. The van der Waals surface area contributed by atoms with Gasteiger partial charge in [0.1, 0.15) is 0 Å². The molecule has 1 N–H and O–H groups in total. The molecule has 0 unspecified atom stereocenters. The highest BCUT2D eigenvalue weighted by Gasteiger charge is 2.11.